The van der Waals surface area contributed by atoms with Gasteiger partial charge in [0.25, 0.3) is 0 Å². The van der Waals surface area contributed by atoms with Gasteiger partial charge in [-0.1, -0.05) is 18.2 Å². The van der Waals surface area contributed by atoms with E-state index in [2.05, 4.69) is 0 Å². The van der Waals surface area contributed by atoms with Gasteiger partial charge in [-0.25, -0.2) is 8.78 Å². The second kappa shape index (κ2) is 6.48. The summed E-state index contributed by atoms with van der Waals surface area (Å²) in [6.07, 6.45) is -0.450. The maximum Gasteiger partial charge on any atom is 0.128 e. The molecule has 0 radical (unpaired) electrons. The summed E-state index contributed by atoms with van der Waals surface area (Å²) in [5.74, 6) is -0.682. The maximum atomic E-state index is 13.5. The van der Waals surface area contributed by atoms with Crippen molar-refractivity contribution >= 4 is 5.69 Å². The lowest BCUT2D eigenvalue weighted by Crippen LogP contribution is -2.20. The number of halogens is 2. The number of hydrogen-bond donors (Lipinski definition) is 1. The summed E-state index contributed by atoms with van der Waals surface area (Å²) in [6.45, 7) is 0.543. The minimum atomic E-state index is -0.848. The first kappa shape index (κ1) is 14.5. The van der Waals surface area contributed by atoms with E-state index in [0.717, 1.165) is 5.69 Å². The van der Waals surface area contributed by atoms with Crippen molar-refractivity contribution in [3.05, 3.63) is 65.7 Å². The van der Waals surface area contributed by atoms with Crippen LogP contribution < -0.4 is 4.90 Å². The van der Waals surface area contributed by atoms with Crippen LogP contribution in [0.2, 0.25) is 0 Å². The van der Waals surface area contributed by atoms with E-state index in [1.807, 2.05) is 11.9 Å². The van der Waals surface area contributed by atoms with Gasteiger partial charge in [0.2, 0.25) is 0 Å². The molecule has 1 atom stereocenters. The van der Waals surface area contributed by atoms with Crippen molar-refractivity contribution < 1.29 is 13.9 Å². The fourth-order valence-corrected chi connectivity index (χ4v) is 2.04. The van der Waals surface area contributed by atoms with Crippen molar-refractivity contribution in [3.63, 3.8) is 0 Å². The van der Waals surface area contributed by atoms with Gasteiger partial charge in [0.05, 0.1) is 6.10 Å². The van der Waals surface area contributed by atoms with Gasteiger partial charge in [0, 0.05) is 24.8 Å². The summed E-state index contributed by atoms with van der Waals surface area (Å²) in [5, 5.41) is 10.0. The van der Waals surface area contributed by atoms with E-state index in [9.17, 15) is 13.9 Å². The van der Waals surface area contributed by atoms with Crippen LogP contribution in [0.1, 0.15) is 18.1 Å². The fourth-order valence-electron chi connectivity index (χ4n) is 2.04. The number of aliphatic hydroxyl groups is 1. The molecule has 2 aromatic rings. The van der Waals surface area contributed by atoms with E-state index in [1.165, 1.54) is 18.2 Å². The molecule has 0 aliphatic carbocycles. The average Bonchev–Trinajstić information content (AvgIpc) is 2.45. The molecule has 2 rings (SSSR count). The van der Waals surface area contributed by atoms with Gasteiger partial charge in [0.15, 0.2) is 0 Å². The summed E-state index contributed by atoms with van der Waals surface area (Å²) in [6, 6.07) is 12.3. The minimum absolute atomic E-state index is 0.284. The zero-order valence-electron chi connectivity index (χ0n) is 11.3. The van der Waals surface area contributed by atoms with E-state index < -0.39 is 11.9 Å². The number of benzene rings is 2. The summed E-state index contributed by atoms with van der Waals surface area (Å²) < 4.78 is 26.3. The van der Waals surface area contributed by atoms with Crippen LogP contribution in [-0.4, -0.2) is 18.7 Å². The van der Waals surface area contributed by atoms with Gasteiger partial charge >= 0.3 is 0 Å². The molecule has 0 saturated heterocycles. The lowest BCUT2D eigenvalue weighted by Gasteiger charge is -2.21. The average molecular weight is 277 g/mol. The van der Waals surface area contributed by atoms with Gasteiger partial charge in [-0.2, -0.15) is 0 Å². The predicted molar refractivity (Wildman–Crippen MR) is 75.6 cm³/mol. The molecular formula is C16H17F2NO. The third-order valence-electron chi connectivity index (χ3n) is 3.27. The highest BCUT2D eigenvalue weighted by Gasteiger charge is 2.13. The predicted octanol–water partition coefficient (Wildman–Crippen LogP) is 3.52. The highest BCUT2D eigenvalue weighted by molar-refractivity contribution is 5.45. The molecular weight excluding hydrogens is 260 g/mol. The quantitative estimate of drug-likeness (QED) is 0.903. The number of aliphatic hydroxyl groups excluding tert-OH is 1. The molecule has 0 fully saturated rings. The molecule has 20 heavy (non-hydrogen) atoms. The molecule has 2 aromatic carbocycles. The second-order valence-corrected chi connectivity index (χ2v) is 4.72. The molecule has 0 aliphatic rings. The van der Waals surface area contributed by atoms with Crippen LogP contribution >= 0.6 is 0 Å². The van der Waals surface area contributed by atoms with Crippen molar-refractivity contribution in [2.24, 2.45) is 0 Å². The first-order valence-electron chi connectivity index (χ1n) is 6.47. The lowest BCUT2D eigenvalue weighted by molar-refractivity contribution is 0.165. The van der Waals surface area contributed by atoms with E-state index in [1.54, 1.807) is 30.3 Å². The van der Waals surface area contributed by atoms with Crippen LogP contribution in [0.5, 0.6) is 0 Å². The minimum Gasteiger partial charge on any atom is -0.388 e. The highest BCUT2D eigenvalue weighted by atomic mass is 19.1. The Morgan fingerprint density at radius 3 is 2.35 bits per heavy atom. The molecule has 0 amide bonds. The summed E-state index contributed by atoms with van der Waals surface area (Å²) >= 11 is 0. The van der Waals surface area contributed by atoms with Gasteiger partial charge < -0.3 is 10.0 Å². The fraction of sp³-hybridized carbons (Fsp3) is 0.250. The van der Waals surface area contributed by atoms with Gasteiger partial charge in [-0.05, 0) is 36.8 Å². The Bertz CT molecular complexity index is 557. The Morgan fingerprint density at radius 2 is 1.70 bits per heavy atom. The molecule has 2 nitrogen and oxygen atoms in total. The molecule has 0 saturated carbocycles. The normalized spacial score (nSPS) is 12.2. The van der Waals surface area contributed by atoms with Crippen LogP contribution in [0, 0.1) is 11.6 Å². The summed E-state index contributed by atoms with van der Waals surface area (Å²) in [4.78, 5) is 1.89. The second-order valence-electron chi connectivity index (χ2n) is 4.72. The standard InChI is InChI=1S/C16H17F2NO/c1-19(13-8-6-12(17)7-9-13)11-10-16(20)14-4-2-3-5-15(14)18/h2-9,16,20H,10-11H2,1H3. The highest BCUT2D eigenvalue weighted by Crippen LogP contribution is 2.21. The van der Waals surface area contributed by atoms with Crippen molar-refractivity contribution in [1.29, 1.82) is 0 Å². The number of anilines is 1. The Labute approximate surface area is 117 Å². The third kappa shape index (κ3) is 3.54. The van der Waals surface area contributed by atoms with Gasteiger partial charge in [-0.15, -0.1) is 0 Å². The zero-order chi connectivity index (χ0) is 14.5. The maximum absolute atomic E-state index is 13.5. The molecule has 0 spiro atoms. The molecule has 106 valence electrons. The van der Waals surface area contributed by atoms with Crippen molar-refractivity contribution in [1.82, 2.24) is 0 Å². The van der Waals surface area contributed by atoms with Crippen molar-refractivity contribution in [3.8, 4) is 0 Å². The zero-order valence-corrected chi connectivity index (χ0v) is 11.3. The van der Waals surface area contributed by atoms with Gasteiger partial charge in [-0.3, -0.25) is 0 Å². The van der Waals surface area contributed by atoms with Crippen LogP contribution in [0.3, 0.4) is 0 Å². The van der Waals surface area contributed by atoms with Crippen LogP contribution in [0.25, 0.3) is 0 Å². The lowest BCUT2D eigenvalue weighted by atomic mass is 10.1. The monoisotopic (exact) mass is 277 g/mol. The van der Waals surface area contributed by atoms with Crippen molar-refractivity contribution in [2.75, 3.05) is 18.5 Å². The summed E-state index contributed by atoms with van der Waals surface area (Å²) in [7, 11) is 1.85. The van der Waals surface area contributed by atoms with E-state index in [4.69, 9.17) is 0 Å². The van der Waals surface area contributed by atoms with Gasteiger partial charge in [0.1, 0.15) is 11.6 Å². The first-order valence-corrected chi connectivity index (χ1v) is 6.47. The first-order chi connectivity index (χ1) is 9.58. The molecule has 4 heteroatoms. The van der Waals surface area contributed by atoms with E-state index >= 15 is 0 Å². The Kier molecular flexibility index (Phi) is 4.69. The number of hydrogen-bond acceptors (Lipinski definition) is 2. The van der Waals surface area contributed by atoms with E-state index in [-0.39, 0.29) is 5.82 Å². The Morgan fingerprint density at radius 1 is 1.05 bits per heavy atom. The molecule has 0 aliphatic heterocycles. The number of rotatable bonds is 5. The van der Waals surface area contributed by atoms with E-state index in [0.29, 0.717) is 18.5 Å². The molecule has 1 unspecified atom stereocenters. The smallest absolute Gasteiger partial charge is 0.128 e. The molecule has 0 aromatic heterocycles. The van der Waals surface area contributed by atoms with Crippen molar-refractivity contribution in [2.45, 2.75) is 12.5 Å². The molecule has 1 N–H and O–H groups in total. The van der Waals surface area contributed by atoms with Crippen LogP contribution in [0.4, 0.5) is 14.5 Å². The third-order valence-corrected chi connectivity index (χ3v) is 3.27. The Balaban J connectivity index is 1.95. The SMILES string of the molecule is CN(CCC(O)c1ccccc1F)c1ccc(F)cc1. The van der Waals surface area contributed by atoms with Crippen LogP contribution in [-0.2, 0) is 0 Å². The number of nitrogens with zero attached hydrogens (tertiary/aromatic N) is 1. The summed E-state index contributed by atoms with van der Waals surface area (Å²) in [5.41, 5.74) is 1.16. The topological polar surface area (TPSA) is 23.5 Å². The molecule has 0 bridgehead atoms. The Hall–Kier alpha value is -1.94. The molecule has 0 heterocycles. The van der Waals surface area contributed by atoms with Crippen LogP contribution in [0.15, 0.2) is 48.5 Å². The largest absolute Gasteiger partial charge is 0.388 e.